The molecule has 4 heterocycles. The van der Waals surface area contributed by atoms with E-state index >= 15 is 4.39 Å². The van der Waals surface area contributed by atoms with Gasteiger partial charge in [0.1, 0.15) is 23.8 Å². The van der Waals surface area contributed by atoms with Crippen LogP contribution in [-0.2, 0) is 14.4 Å². The number of aromatic nitrogens is 2. The number of amides is 3. The van der Waals surface area contributed by atoms with E-state index in [-0.39, 0.29) is 41.9 Å². The SMILES string of the molecule is CCN(CC)[C@H](C)C(=O)N1CCC[C@H]1c1ncc(-c2ccc(-c3ccc(C4=CNC([C@@H]5CCCN5C(=O)[C@H](NC=O)c5ccccc5)N4)cc3)cc2F)[nH]1. The Labute approximate surface area is 316 Å². The van der Waals surface area contributed by atoms with Crippen LogP contribution in [0.15, 0.2) is 85.2 Å². The first-order valence-electron chi connectivity index (χ1n) is 19.1. The highest BCUT2D eigenvalue weighted by Crippen LogP contribution is 2.34. The second-order valence-corrected chi connectivity index (χ2v) is 14.3. The molecule has 3 amide bonds. The Kier molecular flexibility index (Phi) is 11.1. The standard InChI is InChI=1S/C42H49FN8O3/c1-4-49(5-2)27(3)41(53)50-21-9-13-36(50)40-45-25-35(48-40)32-20-19-31(23-33(32)43)28-15-17-29(18-16-28)34-24-44-39(47-34)37-14-10-22-51(37)42(54)38(46-26-52)30-11-7-6-8-12-30/h6-8,11-12,15-20,23-27,36-39,44,47H,4-5,9-10,13-14,21-22H2,1-3H3,(H,45,48)(H,46,52)/t27-,36+,37+,38-,39?/m1/s1. The van der Waals surface area contributed by atoms with E-state index in [4.69, 9.17) is 0 Å². The summed E-state index contributed by atoms with van der Waals surface area (Å²) in [4.78, 5) is 52.4. The molecule has 1 unspecified atom stereocenters. The van der Waals surface area contributed by atoms with Gasteiger partial charge in [0, 0.05) is 24.9 Å². The largest absolute Gasteiger partial charge is 0.368 e. The maximum atomic E-state index is 15.7. The molecule has 54 heavy (non-hydrogen) atoms. The van der Waals surface area contributed by atoms with Gasteiger partial charge in [-0.2, -0.15) is 0 Å². The number of H-pyrrole nitrogens is 1. The molecule has 1 aromatic heterocycles. The summed E-state index contributed by atoms with van der Waals surface area (Å²) in [6.45, 7) is 9.02. The number of rotatable bonds is 13. The number of likely N-dealkylation sites (tertiary alicyclic amines) is 2. The number of nitrogens with one attached hydrogen (secondary N) is 4. The lowest BCUT2D eigenvalue weighted by atomic mass is 10.0. The van der Waals surface area contributed by atoms with Gasteiger partial charge in [-0.15, -0.1) is 0 Å². The van der Waals surface area contributed by atoms with E-state index in [9.17, 15) is 14.4 Å². The van der Waals surface area contributed by atoms with Crippen molar-refractivity contribution < 1.29 is 18.8 Å². The summed E-state index contributed by atoms with van der Waals surface area (Å²) in [5.41, 5.74) is 5.25. The van der Waals surface area contributed by atoms with Crippen LogP contribution in [-0.4, -0.2) is 87.3 Å². The third-order valence-corrected chi connectivity index (χ3v) is 11.3. The van der Waals surface area contributed by atoms with Crippen molar-refractivity contribution >= 4 is 23.9 Å². The molecule has 4 aromatic rings. The van der Waals surface area contributed by atoms with Crippen LogP contribution in [0.25, 0.3) is 28.1 Å². The maximum absolute atomic E-state index is 15.7. The molecule has 0 spiro atoms. The van der Waals surface area contributed by atoms with Gasteiger partial charge in [-0.1, -0.05) is 74.5 Å². The molecule has 3 aliphatic heterocycles. The zero-order chi connectivity index (χ0) is 37.8. The molecule has 2 fully saturated rings. The van der Waals surface area contributed by atoms with Gasteiger partial charge in [-0.05, 0) is 80.1 Å². The van der Waals surface area contributed by atoms with Crippen molar-refractivity contribution in [2.75, 3.05) is 26.2 Å². The minimum absolute atomic E-state index is 0.0986. The number of halogens is 1. The quantitative estimate of drug-likeness (QED) is 0.133. The molecule has 12 heteroatoms. The fraction of sp³-hybridized carbons (Fsp3) is 0.381. The maximum Gasteiger partial charge on any atom is 0.250 e. The lowest BCUT2D eigenvalue weighted by Crippen LogP contribution is -2.53. The highest BCUT2D eigenvalue weighted by Gasteiger charge is 2.39. The molecular formula is C42H49FN8O3. The van der Waals surface area contributed by atoms with E-state index in [1.807, 2.05) is 83.6 Å². The van der Waals surface area contributed by atoms with Crippen LogP contribution < -0.4 is 16.0 Å². The Morgan fingerprint density at radius 3 is 2.37 bits per heavy atom. The minimum Gasteiger partial charge on any atom is -0.368 e. The highest BCUT2D eigenvalue weighted by molar-refractivity contribution is 5.86. The number of nitrogens with zero attached hydrogens (tertiary/aromatic N) is 4. The van der Waals surface area contributed by atoms with Crippen LogP contribution >= 0.6 is 0 Å². The number of likely N-dealkylation sites (N-methyl/N-ethyl adjacent to an activating group) is 1. The summed E-state index contributed by atoms with van der Waals surface area (Å²) in [6, 6.07) is 21.3. The summed E-state index contributed by atoms with van der Waals surface area (Å²) in [7, 11) is 0. The first-order valence-corrected chi connectivity index (χ1v) is 19.1. The normalized spacial score (nSPS) is 20.7. The molecule has 4 N–H and O–H groups in total. The summed E-state index contributed by atoms with van der Waals surface area (Å²) >= 11 is 0. The molecule has 3 aromatic carbocycles. The lowest BCUT2D eigenvalue weighted by molar-refractivity contribution is -0.137. The van der Waals surface area contributed by atoms with Crippen molar-refractivity contribution in [3.05, 3.63) is 108 Å². The topological polar surface area (TPSA) is 126 Å². The zero-order valence-electron chi connectivity index (χ0n) is 31.1. The second kappa shape index (κ2) is 16.3. The summed E-state index contributed by atoms with van der Waals surface area (Å²) < 4.78 is 15.7. The van der Waals surface area contributed by atoms with Crippen LogP contribution in [0, 0.1) is 5.82 Å². The Balaban J connectivity index is 0.992. The number of aromatic amines is 1. The van der Waals surface area contributed by atoms with Crippen LogP contribution in [0.5, 0.6) is 0 Å². The van der Waals surface area contributed by atoms with E-state index in [0.29, 0.717) is 36.6 Å². The summed E-state index contributed by atoms with van der Waals surface area (Å²) in [6.07, 6.45) is 7.41. The average Bonchev–Trinajstić information content (AvgIpc) is 4.04. The van der Waals surface area contributed by atoms with Gasteiger partial charge in [0.05, 0.1) is 35.7 Å². The van der Waals surface area contributed by atoms with Gasteiger partial charge < -0.3 is 30.7 Å². The Morgan fingerprint density at radius 2 is 1.65 bits per heavy atom. The fourth-order valence-electron chi connectivity index (χ4n) is 8.28. The van der Waals surface area contributed by atoms with Gasteiger partial charge in [-0.25, -0.2) is 9.37 Å². The molecule has 3 aliphatic rings. The fourth-order valence-corrected chi connectivity index (χ4v) is 8.28. The van der Waals surface area contributed by atoms with Crippen molar-refractivity contribution in [2.24, 2.45) is 0 Å². The third kappa shape index (κ3) is 7.35. The Hall–Kier alpha value is -5.49. The van der Waals surface area contributed by atoms with Crippen molar-refractivity contribution in [3.8, 4) is 22.4 Å². The number of imidazole rings is 1. The van der Waals surface area contributed by atoms with Gasteiger partial charge in [0.2, 0.25) is 18.2 Å². The number of benzene rings is 3. The molecule has 0 radical (unpaired) electrons. The van der Waals surface area contributed by atoms with Crippen LogP contribution in [0.4, 0.5) is 4.39 Å². The van der Waals surface area contributed by atoms with Crippen molar-refractivity contribution in [1.29, 1.82) is 0 Å². The predicted molar refractivity (Wildman–Crippen MR) is 207 cm³/mol. The third-order valence-electron chi connectivity index (χ3n) is 11.3. The zero-order valence-corrected chi connectivity index (χ0v) is 31.1. The van der Waals surface area contributed by atoms with Gasteiger partial charge >= 0.3 is 0 Å². The first kappa shape index (κ1) is 36.9. The van der Waals surface area contributed by atoms with E-state index < -0.39 is 6.04 Å². The Morgan fingerprint density at radius 1 is 0.944 bits per heavy atom. The van der Waals surface area contributed by atoms with Gasteiger partial charge in [0.25, 0.3) is 0 Å². The van der Waals surface area contributed by atoms with E-state index in [1.165, 1.54) is 0 Å². The van der Waals surface area contributed by atoms with Gasteiger partial charge in [-0.3, -0.25) is 19.3 Å². The van der Waals surface area contributed by atoms with Crippen molar-refractivity contribution in [3.63, 3.8) is 0 Å². The molecule has 2 saturated heterocycles. The van der Waals surface area contributed by atoms with Crippen LogP contribution in [0.2, 0.25) is 0 Å². The number of carbonyl (C=O) groups is 3. The van der Waals surface area contributed by atoms with Crippen molar-refractivity contribution in [2.45, 2.75) is 76.8 Å². The average molecular weight is 733 g/mol. The van der Waals surface area contributed by atoms with E-state index in [0.717, 1.165) is 66.7 Å². The summed E-state index contributed by atoms with van der Waals surface area (Å²) in [5.74, 6) is 0.302. The number of hydrogen-bond donors (Lipinski definition) is 4. The monoisotopic (exact) mass is 732 g/mol. The molecule has 11 nitrogen and oxygen atoms in total. The minimum atomic E-state index is -0.743. The smallest absolute Gasteiger partial charge is 0.250 e. The van der Waals surface area contributed by atoms with Gasteiger partial charge in [0.15, 0.2) is 0 Å². The lowest BCUT2D eigenvalue weighted by Gasteiger charge is -2.33. The van der Waals surface area contributed by atoms with Crippen LogP contribution in [0.1, 0.15) is 75.5 Å². The molecule has 0 saturated carbocycles. The number of hydrogen-bond acceptors (Lipinski definition) is 7. The Bertz CT molecular complexity index is 1980. The molecule has 0 aliphatic carbocycles. The first-order chi connectivity index (χ1) is 26.3. The summed E-state index contributed by atoms with van der Waals surface area (Å²) in [5, 5.41) is 9.70. The second-order valence-electron chi connectivity index (χ2n) is 14.3. The van der Waals surface area contributed by atoms with E-state index in [1.54, 1.807) is 18.3 Å². The molecule has 5 atom stereocenters. The molecular weight excluding hydrogens is 684 g/mol. The van der Waals surface area contributed by atoms with Crippen LogP contribution in [0.3, 0.4) is 0 Å². The molecule has 0 bridgehead atoms. The highest BCUT2D eigenvalue weighted by atomic mass is 19.1. The van der Waals surface area contributed by atoms with E-state index in [2.05, 4.69) is 44.7 Å². The number of carbonyl (C=O) groups excluding carboxylic acids is 3. The molecule has 282 valence electrons. The van der Waals surface area contributed by atoms with Crippen molar-refractivity contribution in [1.82, 2.24) is 40.6 Å². The molecule has 7 rings (SSSR count). The predicted octanol–water partition coefficient (Wildman–Crippen LogP) is 5.57.